The predicted octanol–water partition coefficient (Wildman–Crippen LogP) is 2.71. The second-order valence-corrected chi connectivity index (χ2v) is 5.93. The maximum absolute atomic E-state index is 12.7. The molecule has 0 bridgehead atoms. The van der Waals surface area contributed by atoms with Crippen LogP contribution in [0.3, 0.4) is 0 Å². The third-order valence-corrected chi connectivity index (χ3v) is 4.49. The van der Waals surface area contributed by atoms with E-state index in [1.54, 1.807) is 0 Å². The number of nitrogens with zero attached hydrogens (tertiary/aromatic N) is 2. The highest BCUT2D eigenvalue weighted by molar-refractivity contribution is 5.74. The highest BCUT2D eigenvalue weighted by atomic mass is 16.5. The Kier molecular flexibility index (Phi) is 4.76. The molecule has 0 spiro atoms. The molecule has 3 rings (SSSR count). The van der Waals surface area contributed by atoms with Crippen molar-refractivity contribution in [1.29, 1.82) is 0 Å². The maximum atomic E-state index is 12.7. The van der Waals surface area contributed by atoms with E-state index in [-0.39, 0.29) is 6.03 Å². The molecule has 0 N–H and O–H groups in total. The van der Waals surface area contributed by atoms with Crippen molar-refractivity contribution in [3.8, 4) is 0 Å². The number of hydrogen-bond acceptors (Lipinski definition) is 2. The molecule has 2 fully saturated rings. The largest absolute Gasteiger partial charge is 0.378 e. The molecule has 0 aromatic heterocycles. The molecule has 0 saturated carbocycles. The van der Waals surface area contributed by atoms with Gasteiger partial charge < -0.3 is 14.5 Å². The third-order valence-electron chi connectivity index (χ3n) is 4.49. The first-order valence-corrected chi connectivity index (χ1v) is 8.01. The number of carbonyl (C=O) groups is 1. The second-order valence-electron chi connectivity index (χ2n) is 5.93. The van der Waals surface area contributed by atoms with E-state index in [0.29, 0.717) is 19.1 Å². The molecule has 0 radical (unpaired) electrons. The molecule has 4 heteroatoms. The molecule has 0 aliphatic carbocycles. The Morgan fingerprint density at radius 3 is 2.52 bits per heavy atom. The zero-order chi connectivity index (χ0) is 14.5. The van der Waals surface area contributed by atoms with Crippen molar-refractivity contribution in [3.63, 3.8) is 0 Å². The van der Waals surface area contributed by atoms with Gasteiger partial charge in [0.05, 0.1) is 13.2 Å². The molecule has 1 aromatic rings. The Morgan fingerprint density at radius 1 is 1.00 bits per heavy atom. The summed E-state index contributed by atoms with van der Waals surface area (Å²) >= 11 is 0. The van der Waals surface area contributed by atoms with Crippen molar-refractivity contribution < 1.29 is 9.53 Å². The van der Waals surface area contributed by atoms with Crippen LogP contribution in [0.15, 0.2) is 30.3 Å². The second kappa shape index (κ2) is 6.94. The monoisotopic (exact) mass is 288 g/mol. The van der Waals surface area contributed by atoms with Gasteiger partial charge in [-0.25, -0.2) is 4.79 Å². The highest BCUT2D eigenvalue weighted by Gasteiger charge is 2.27. The van der Waals surface area contributed by atoms with Gasteiger partial charge in [-0.1, -0.05) is 36.8 Å². The van der Waals surface area contributed by atoms with E-state index in [0.717, 1.165) is 32.6 Å². The number of ether oxygens (including phenoxy) is 1. The van der Waals surface area contributed by atoms with Crippen molar-refractivity contribution in [1.82, 2.24) is 9.80 Å². The average molecular weight is 288 g/mol. The summed E-state index contributed by atoms with van der Waals surface area (Å²) in [6, 6.07) is 10.8. The molecule has 2 saturated heterocycles. The summed E-state index contributed by atoms with van der Waals surface area (Å²) in [7, 11) is 0. The van der Waals surface area contributed by atoms with Crippen LogP contribution < -0.4 is 0 Å². The molecule has 21 heavy (non-hydrogen) atoms. The maximum Gasteiger partial charge on any atom is 0.320 e. The number of benzene rings is 1. The number of morpholine rings is 1. The highest BCUT2D eigenvalue weighted by Crippen LogP contribution is 2.26. The Labute approximate surface area is 126 Å². The number of likely N-dealkylation sites (tertiary alicyclic amines) is 1. The minimum Gasteiger partial charge on any atom is -0.378 e. The molecule has 0 unspecified atom stereocenters. The van der Waals surface area contributed by atoms with Crippen LogP contribution in [-0.2, 0) is 4.74 Å². The van der Waals surface area contributed by atoms with Crippen molar-refractivity contribution in [2.45, 2.75) is 25.2 Å². The van der Waals surface area contributed by atoms with Crippen LogP contribution in [0.4, 0.5) is 4.79 Å². The van der Waals surface area contributed by atoms with Crippen LogP contribution in [0.5, 0.6) is 0 Å². The SMILES string of the molecule is O=C(N1CCOCC1)N1CCCC[C@@H](c2ccccc2)C1. The molecule has 2 heterocycles. The summed E-state index contributed by atoms with van der Waals surface area (Å²) in [5, 5.41) is 0. The van der Waals surface area contributed by atoms with Crippen molar-refractivity contribution in [3.05, 3.63) is 35.9 Å². The molecular formula is C17H24N2O2. The van der Waals surface area contributed by atoms with E-state index in [1.165, 1.54) is 18.4 Å². The molecule has 2 amide bonds. The van der Waals surface area contributed by atoms with Gasteiger partial charge in [-0.2, -0.15) is 0 Å². The quantitative estimate of drug-likeness (QED) is 0.796. The van der Waals surface area contributed by atoms with Crippen LogP contribution in [0.25, 0.3) is 0 Å². The molecule has 1 aromatic carbocycles. The molecular weight excluding hydrogens is 264 g/mol. The van der Waals surface area contributed by atoms with Gasteiger partial charge in [-0.05, 0) is 18.4 Å². The number of hydrogen-bond donors (Lipinski definition) is 0. The van der Waals surface area contributed by atoms with Gasteiger partial charge in [0.25, 0.3) is 0 Å². The van der Waals surface area contributed by atoms with Crippen LogP contribution in [0.1, 0.15) is 30.7 Å². The third kappa shape index (κ3) is 3.56. The molecule has 4 nitrogen and oxygen atoms in total. The first kappa shape index (κ1) is 14.4. The molecule has 1 atom stereocenters. The minimum absolute atomic E-state index is 0.195. The van der Waals surface area contributed by atoms with E-state index in [2.05, 4.69) is 35.2 Å². The lowest BCUT2D eigenvalue weighted by molar-refractivity contribution is 0.0432. The van der Waals surface area contributed by atoms with Gasteiger partial charge in [0.1, 0.15) is 0 Å². The smallest absolute Gasteiger partial charge is 0.320 e. The van der Waals surface area contributed by atoms with Crippen LogP contribution in [0.2, 0.25) is 0 Å². The van der Waals surface area contributed by atoms with Gasteiger partial charge in [-0.3, -0.25) is 0 Å². The average Bonchev–Trinajstić information content (AvgIpc) is 2.82. The summed E-state index contributed by atoms with van der Waals surface area (Å²) in [5.41, 5.74) is 1.36. The Hall–Kier alpha value is -1.55. The summed E-state index contributed by atoms with van der Waals surface area (Å²) < 4.78 is 5.34. The molecule has 2 aliphatic heterocycles. The molecule has 114 valence electrons. The zero-order valence-corrected chi connectivity index (χ0v) is 12.5. The van der Waals surface area contributed by atoms with Gasteiger partial charge >= 0.3 is 6.03 Å². The lowest BCUT2D eigenvalue weighted by Gasteiger charge is -2.33. The van der Waals surface area contributed by atoms with Gasteiger partial charge in [0.15, 0.2) is 0 Å². The van der Waals surface area contributed by atoms with E-state index in [4.69, 9.17) is 4.74 Å². The summed E-state index contributed by atoms with van der Waals surface area (Å²) in [6.45, 7) is 4.53. The predicted molar refractivity (Wildman–Crippen MR) is 82.4 cm³/mol. The van der Waals surface area contributed by atoms with E-state index in [9.17, 15) is 4.79 Å². The van der Waals surface area contributed by atoms with Crippen molar-refractivity contribution >= 4 is 6.03 Å². The van der Waals surface area contributed by atoms with Gasteiger partial charge in [-0.15, -0.1) is 0 Å². The number of amides is 2. The molecule has 2 aliphatic rings. The topological polar surface area (TPSA) is 32.8 Å². The fraction of sp³-hybridized carbons (Fsp3) is 0.588. The fourth-order valence-corrected chi connectivity index (χ4v) is 3.27. The number of rotatable bonds is 1. The van der Waals surface area contributed by atoms with E-state index >= 15 is 0 Å². The fourth-order valence-electron chi connectivity index (χ4n) is 3.27. The number of carbonyl (C=O) groups excluding carboxylic acids is 1. The lowest BCUT2D eigenvalue weighted by atomic mass is 9.94. The van der Waals surface area contributed by atoms with Gasteiger partial charge in [0, 0.05) is 32.1 Å². The van der Waals surface area contributed by atoms with Crippen LogP contribution in [-0.4, -0.2) is 55.2 Å². The van der Waals surface area contributed by atoms with Crippen LogP contribution >= 0.6 is 0 Å². The Balaban J connectivity index is 1.68. The summed E-state index contributed by atoms with van der Waals surface area (Å²) in [6.07, 6.45) is 3.49. The first-order valence-electron chi connectivity index (χ1n) is 8.01. The zero-order valence-electron chi connectivity index (χ0n) is 12.5. The van der Waals surface area contributed by atoms with Crippen LogP contribution in [0, 0.1) is 0 Å². The minimum atomic E-state index is 0.195. The van der Waals surface area contributed by atoms with Gasteiger partial charge in [0.2, 0.25) is 0 Å². The Morgan fingerprint density at radius 2 is 1.76 bits per heavy atom. The number of urea groups is 1. The Bertz CT molecular complexity index is 457. The lowest BCUT2D eigenvalue weighted by Crippen LogP contribution is -2.49. The summed E-state index contributed by atoms with van der Waals surface area (Å²) in [5.74, 6) is 0.471. The van der Waals surface area contributed by atoms with Crippen molar-refractivity contribution in [2.75, 3.05) is 39.4 Å². The van der Waals surface area contributed by atoms with E-state index in [1.807, 2.05) is 4.90 Å². The van der Waals surface area contributed by atoms with E-state index < -0.39 is 0 Å². The van der Waals surface area contributed by atoms with Crippen molar-refractivity contribution in [2.24, 2.45) is 0 Å². The normalized spacial score (nSPS) is 23.7. The first-order chi connectivity index (χ1) is 10.3. The standard InChI is InChI=1S/C17H24N2O2/c20-17(18-10-12-21-13-11-18)19-9-5-4-8-16(14-19)15-6-2-1-3-7-15/h1-3,6-7,16H,4-5,8-14H2/t16-/m1/s1. The summed E-state index contributed by atoms with van der Waals surface area (Å²) in [4.78, 5) is 16.7.